The Hall–Kier alpha value is -3.02. The van der Waals surface area contributed by atoms with Crippen LogP contribution >= 0.6 is 0 Å². The molecule has 2 saturated heterocycles. The molecule has 2 aromatic carbocycles. The van der Waals surface area contributed by atoms with Crippen LogP contribution in [-0.2, 0) is 11.2 Å². The molecule has 2 amide bonds. The van der Waals surface area contributed by atoms with Crippen LogP contribution in [0.3, 0.4) is 0 Å². The Kier molecular flexibility index (Phi) is 7.76. The van der Waals surface area contributed by atoms with E-state index < -0.39 is 0 Å². The van der Waals surface area contributed by atoms with Gasteiger partial charge in [-0.3, -0.25) is 9.59 Å². The zero-order valence-corrected chi connectivity index (χ0v) is 20.7. The van der Waals surface area contributed by atoms with Gasteiger partial charge in [0.15, 0.2) is 0 Å². The van der Waals surface area contributed by atoms with Gasteiger partial charge in [0.2, 0.25) is 5.91 Å². The minimum Gasteiger partial charge on any atom is -0.497 e. The van der Waals surface area contributed by atoms with Crippen LogP contribution in [0.1, 0.15) is 41.6 Å². The lowest BCUT2D eigenvalue weighted by molar-refractivity contribution is -0.132. The molecule has 182 valence electrons. The monoisotopic (exact) mass is 463 g/mol. The average molecular weight is 464 g/mol. The zero-order chi connectivity index (χ0) is 24.1. The highest BCUT2D eigenvalue weighted by Crippen LogP contribution is 2.33. The molecule has 2 fully saturated rings. The van der Waals surface area contributed by atoms with Crippen LogP contribution in [0.25, 0.3) is 0 Å². The average Bonchev–Trinajstić information content (AvgIpc) is 2.89. The first-order chi connectivity index (χ1) is 16.4. The lowest BCUT2D eigenvalue weighted by Crippen LogP contribution is -2.44. The van der Waals surface area contributed by atoms with Gasteiger partial charge in [0.25, 0.3) is 5.91 Å². The molecule has 0 N–H and O–H groups in total. The van der Waals surface area contributed by atoms with E-state index >= 15 is 0 Å². The van der Waals surface area contributed by atoms with Crippen molar-refractivity contribution >= 4 is 17.5 Å². The summed E-state index contributed by atoms with van der Waals surface area (Å²) in [7, 11) is 5.65. The Morgan fingerprint density at radius 2 is 1.35 bits per heavy atom. The van der Waals surface area contributed by atoms with Crippen LogP contribution in [0.4, 0.5) is 5.69 Å². The van der Waals surface area contributed by atoms with Crippen LogP contribution < -0.4 is 9.64 Å². The third kappa shape index (κ3) is 5.72. The van der Waals surface area contributed by atoms with E-state index in [9.17, 15) is 9.59 Å². The van der Waals surface area contributed by atoms with Crippen molar-refractivity contribution in [3.63, 3.8) is 0 Å². The molecule has 2 aliphatic heterocycles. The van der Waals surface area contributed by atoms with E-state index in [0.717, 1.165) is 74.4 Å². The van der Waals surface area contributed by atoms with Gasteiger partial charge >= 0.3 is 0 Å². The van der Waals surface area contributed by atoms with Crippen molar-refractivity contribution < 1.29 is 14.3 Å². The SMILES string of the molecule is COc1ccc(CC(=O)N2CCC(C3CCN(C(=O)c4ccc(N(C)C)cc4)CC3)CC2)cc1. The number of rotatable bonds is 6. The van der Waals surface area contributed by atoms with Gasteiger partial charge in [-0.1, -0.05) is 12.1 Å². The second kappa shape index (κ2) is 10.9. The summed E-state index contributed by atoms with van der Waals surface area (Å²) in [5.74, 6) is 2.47. The third-order valence-corrected chi connectivity index (χ3v) is 7.53. The summed E-state index contributed by atoms with van der Waals surface area (Å²) < 4.78 is 5.20. The number of benzene rings is 2. The van der Waals surface area contributed by atoms with Crippen LogP contribution in [0.2, 0.25) is 0 Å². The van der Waals surface area contributed by atoms with E-state index in [-0.39, 0.29) is 11.8 Å². The summed E-state index contributed by atoms with van der Waals surface area (Å²) in [5, 5.41) is 0. The molecular formula is C28H37N3O3. The number of amides is 2. The zero-order valence-electron chi connectivity index (χ0n) is 20.7. The summed E-state index contributed by atoms with van der Waals surface area (Å²) in [4.78, 5) is 31.8. The molecule has 4 rings (SSSR count). The standard InChI is InChI=1S/C28H37N3O3/c1-29(2)25-8-6-24(7-9-25)28(33)31-18-14-23(15-19-31)22-12-16-30(17-13-22)27(32)20-21-4-10-26(34-3)11-5-21/h4-11,22-23H,12-20H2,1-3H3. The van der Waals surface area contributed by atoms with Crippen LogP contribution in [0, 0.1) is 11.8 Å². The molecular weight excluding hydrogens is 426 g/mol. The van der Waals surface area contributed by atoms with Gasteiger partial charge in [-0.2, -0.15) is 0 Å². The molecule has 2 heterocycles. The van der Waals surface area contributed by atoms with Gasteiger partial charge < -0.3 is 19.4 Å². The van der Waals surface area contributed by atoms with Crippen molar-refractivity contribution in [1.82, 2.24) is 9.80 Å². The Bertz CT molecular complexity index is 955. The highest BCUT2D eigenvalue weighted by atomic mass is 16.5. The molecule has 2 aromatic rings. The van der Waals surface area contributed by atoms with Gasteiger partial charge in [-0.25, -0.2) is 0 Å². The molecule has 0 bridgehead atoms. The second-order valence-corrected chi connectivity index (χ2v) is 9.81. The normalized spacial score (nSPS) is 17.5. The molecule has 0 atom stereocenters. The quantitative estimate of drug-likeness (QED) is 0.647. The lowest BCUT2D eigenvalue weighted by atomic mass is 9.78. The number of carbonyl (C=O) groups excluding carboxylic acids is 2. The predicted octanol–water partition coefficient (Wildman–Crippen LogP) is 4.09. The molecule has 6 heteroatoms. The minimum absolute atomic E-state index is 0.141. The number of piperidine rings is 2. The molecule has 0 spiro atoms. The van der Waals surface area contributed by atoms with Crippen molar-refractivity contribution in [1.29, 1.82) is 0 Å². The summed E-state index contributed by atoms with van der Waals surface area (Å²) >= 11 is 0. The summed E-state index contributed by atoms with van der Waals surface area (Å²) in [6.07, 6.45) is 4.71. The van der Waals surface area contributed by atoms with Gasteiger partial charge in [0.1, 0.15) is 5.75 Å². The van der Waals surface area contributed by atoms with E-state index in [1.807, 2.05) is 77.3 Å². The Balaban J connectivity index is 1.22. The van der Waals surface area contributed by atoms with Crippen LogP contribution in [0.5, 0.6) is 5.75 Å². The Labute approximate surface area is 203 Å². The topological polar surface area (TPSA) is 53.1 Å². The molecule has 0 saturated carbocycles. The number of ether oxygens (including phenoxy) is 1. The van der Waals surface area contributed by atoms with Gasteiger partial charge in [-0.05, 0) is 79.5 Å². The molecule has 0 unspecified atom stereocenters. The fraction of sp³-hybridized carbons (Fsp3) is 0.500. The summed E-state index contributed by atoms with van der Waals surface area (Å²) in [6, 6.07) is 15.6. The van der Waals surface area contributed by atoms with Crippen LogP contribution in [-0.4, -0.2) is 69.0 Å². The van der Waals surface area contributed by atoms with Gasteiger partial charge in [0, 0.05) is 51.5 Å². The van der Waals surface area contributed by atoms with Gasteiger partial charge in [-0.15, -0.1) is 0 Å². The highest BCUT2D eigenvalue weighted by molar-refractivity contribution is 5.94. The number of anilines is 1. The molecule has 0 aromatic heterocycles. The Morgan fingerprint density at radius 3 is 1.85 bits per heavy atom. The first kappa shape index (κ1) is 24.1. The van der Waals surface area contributed by atoms with E-state index in [1.165, 1.54) is 0 Å². The smallest absolute Gasteiger partial charge is 0.253 e. The van der Waals surface area contributed by atoms with Crippen molar-refractivity contribution in [3.05, 3.63) is 59.7 Å². The van der Waals surface area contributed by atoms with Crippen molar-refractivity contribution in [3.8, 4) is 5.75 Å². The largest absolute Gasteiger partial charge is 0.497 e. The fourth-order valence-corrected chi connectivity index (χ4v) is 5.31. The second-order valence-electron chi connectivity index (χ2n) is 9.81. The van der Waals surface area contributed by atoms with E-state index in [0.29, 0.717) is 18.3 Å². The Morgan fingerprint density at radius 1 is 0.824 bits per heavy atom. The van der Waals surface area contributed by atoms with Gasteiger partial charge in [0.05, 0.1) is 13.5 Å². The summed E-state index contributed by atoms with van der Waals surface area (Å²) in [5.41, 5.74) is 2.90. The summed E-state index contributed by atoms with van der Waals surface area (Å²) in [6.45, 7) is 3.35. The molecule has 6 nitrogen and oxygen atoms in total. The van der Waals surface area contributed by atoms with Crippen molar-refractivity contribution in [2.24, 2.45) is 11.8 Å². The molecule has 0 radical (unpaired) electrons. The number of likely N-dealkylation sites (tertiary alicyclic amines) is 2. The number of hydrogen-bond acceptors (Lipinski definition) is 4. The number of hydrogen-bond donors (Lipinski definition) is 0. The molecule has 34 heavy (non-hydrogen) atoms. The predicted molar refractivity (Wildman–Crippen MR) is 135 cm³/mol. The fourth-order valence-electron chi connectivity index (χ4n) is 5.31. The number of nitrogens with zero attached hydrogens (tertiary/aromatic N) is 3. The lowest BCUT2D eigenvalue weighted by Gasteiger charge is -2.40. The first-order valence-corrected chi connectivity index (χ1v) is 12.4. The number of methoxy groups -OCH3 is 1. The maximum atomic E-state index is 12.9. The highest BCUT2D eigenvalue weighted by Gasteiger charge is 2.32. The van der Waals surface area contributed by atoms with Crippen LogP contribution in [0.15, 0.2) is 48.5 Å². The maximum absolute atomic E-state index is 12.9. The minimum atomic E-state index is 0.141. The maximum Gasteiger partial charge on any atom is 0.253 e. The van der Waals surface area contributed by atoms with E-state index in [4.69, 9.17) is 4.74 Å². The molecule has 2 aliphatic rings. The van der Waals surface area contributed by atoms with E-state index in [1.54, 1.807) is 7.11 Å². The third-order valence-electron chi connectivity index (χ3n) is 7.53. The molecule has 0 aliphatic carbocycles. The van der Waals surface area contributed by atoms with Crippen molar-refractivity contribution in [2.45, 2.75) is 32.1 Å². The van der Waals surface area contributed by atoms with Crippen molar-refractivity contribution in [2.75, 3.05) is 52.3 Å². The number of carbonyl (C=O) groups is 2. The first-order valence-electron chi connectivity index (χ1n) is 12.4. The van der Waals surface area contributed by atoms with E-state index in [2.05, 4.69) is 0 Å².